The molecule has 0 aliphatic carbocycles. The second-order valence-corrected chi connectivity index (χ2v) is 6.31. The van der Waals surface area contributed by atoms with Crippen molar-refractivity contribution in [2.24, 2.45) is 10.7 Å². The number of amides is 1. The minimum Gasteiger partial charge on any atom is -0.492 e. The second kappa shape index (κ2) is 7.09. The molecule has 1 aromatic carbocycles. The number of aliphatic imine (C=N–C) groups is 1. The Morgan fingerprint density at radius 2 is 2.00 bits per heavy atom. The average Bonchev–Trinajstić information content (AvgIpc) is 2.88. The van der Waals surface area contributed by atoms with Crippen molar-refractivity contribution in [1.82, 2.24) is 0 Å². The van der Waals surface area contributed by atoms with Crippen LogP contribution in [0.25, 0.3) is 5.57 Å². The van der Waals surface area contributed by atoms with E-state index in [0.717, 1.165) is 17.1 Å². The number of carbonyl (C=O) groups is 1. The number of pyridine rings is 1. The zero-order valence-corrected chi connectivity index (χ0v) is 15.4. The van der Waals surface area contributed by atoms with Gasteiger partial charge in [0.2, 0.25) is 11.6 Å². The van der Waals surface area contributed by atoms with Crippen molar-refractivity contribution < 1.29 is 14.1 Å². The summed E-state index contributed by atoms with van der Waals surface area (Å²) in [6, 6.07) is 10.9. The molecule has 3 N–H and O–H groups in total. The Labute approximate surface area is 153 Å². The third-order valence-corrected chi connectivity index (χ3v) is 4.46. The van der Waals surface area contributed by atoms with Gasteiger partial charge in [-0.15, -0.1) is 0 Å². The molecule has 0 spiro atoms. The Bertz CT molecular complexity index is 929. The lowest BCUT2D eigenvalue weighted by molar-refractivity contribution is -0.554. The van der Waals surface area contributed by atoms with E-state index in [1.54, 1.807) is 26.2 Å². The number of rotatable bonds is 4. The number of ether oxygens (including phenoxy) is 1. The van der Waals surface area contributed by atoms with E-state index in [4.69, 9.17) is 15.5 Å². The number of fused-ring (bicyclic) bond motifs is 1. The van der Waals surface area contributed by atoms with Gasteiger partial charge in [-0.3, -0.25) is 4.79 Å². The fourth-order valence-electron chi connectivity index (χ4n) is 2.83. The molecule has 0 saturated heterocycles. The van der Waals surface area contributed by atoms with Gasteiger partial charge < -0.3 is 15.8 Å². The van der Waals surface area contributed by atoms with Crippen molar-refractivity contribution in [3.05, 3.63) is 53.9 Å². The first-order chi connectivity index (χ1) is 12.4. The van der Waals surface area contributed by atoms with Crippen LogP contribution >= 0.6 is 0 Å². The zero-order valence-electron chi connectivity index (χ0n) is 15.4. The summed E-state index contributed by atoms with van der Waals surface area (Å²) < 4.78 is 7.54. The van der Waals surface area contributed by atoms with Crippen LogP contribution in [0.3, 0.4) is 0 Å². The normalized spacial score (nSPS) is 15.8. The summed E-state index contributed by atoms with van der Waals surface area (Å²) in [5, 5.41) is 2.76. The summed E-state index contributed by atoms with van der Waals surface area (Å²) in [4.78, 5) is 16.6. The number of nitrogens with two attached hydrogens (primary N) is 1. The van der Waals surface area contributed by atoms with Crippen LogP contribution in [0.2, 0.25) is 0 Å². The molecule has 1 aliphatic heterocycles. The first kappa shape index (κ1) is 17.8. The van der Waals surface area contributed by atoms with E-state index in [1.807, 2.05) is 24.4 Å². The van der Waals surface area contributed by atoms with Crippen molar-refractivity contribution in [3.8, 4) is 5.75 Å². The van der Waals surface area contributed by atoms with E-state index in [-0.39, 0.29) is 5.91 Å². The molecule has 2 heterocycles. The molecular weight excluding hydrogens is 328 g/mol. The van der Waals surface area contributed by atoms with Gasteiger partial charge in [0, 0.05) is 17.3 Å². The van der Waals surface area contributed by atoms with Crippen molar-refractivity contribution >= 4 is 28.7 Å². The monoisotopic (exact) mass is 351 g/mol. The molecular formula is C20H23N4O2+. The maximum absolute atomic E-state index is 11.8. The van der Waals surface area contributed by atoms with Crippen LogP contribution in [0.15, 0.2) is 53.2 Å². The van der Waals surface area contributed by atoms with Crippen LogP contribution in [0, 0.1) is 0 Å². The molecule has 26 heavy (non-hydrogen) atoms. The Balaban J connectivity index is 2.00. The molecule has 1 atom stereocenters. The van der Waals surface area contributed by atoms with Crippen LogP contribution < -0.4 is 20.4 Å². The summed E-state index contributed by atoms with van der Waals surface area (Å²) >= 11 is 0. The number of hydrogen-bond acceptors (Lipinski definition) is 4. The average molecular weight is 351 g/mol. The molecule has 0 radical (unpaired) electrons. The Morgan fingerprint density at radius 3 is 2.69 bits per heavy atom. The zero-order chi connectivity index (χ0) is 18.8. The van der Waals surface area contributed by atoms with E-state index in [9.17, 15) is 4.79 Å². The SMILES string of the molecule is COc1cc(NC(=O)[C@H](C)N)ccc1N=C1C(C)=C(C)c2cccc[n+]21. The van der Waals surface area contributed by atoms with Crippen molar-refractivity contribution in [3.63, 3.8) is 0 Å². The van der Waals surface area contributed by atoms with E-state index < -0.39 is 6.04 Å². The van der Waals surface area contributed by atoms with Gasteiger partial charge in [0.15, 0.2) is 5.75 Å². The highest BCUT2D eigenvalue weighted by Gasteiger charge is 2.30. The van der Waals surface area contributed by atoms with Gasteiger partial charge in [-0.25, -0.2) is 0 Å². The quantitative estimate of drug-likeness (QED) is 0.831. The maximum atomic E-state index is 11.8. The maximum Gasteiger partial charge on any atom is 0.332 e. The first-order valence-corrected chi connectivity index (χ1v) is 8.45. The minimum absolute atomic E-state index is 0.249. The molecule has 1 amide bonds. The second-order valence-electron chi connectivity index (χ2n) is 6.31. The molecule has 2 aromatic rings. The van der Waals surface area contributed by atoms with Crippen molar-refractivity contribution in [1.29, 1.82) is 0 Å². The molecule has 0 bridgehead atoms. The number of carbonyl (C=O) groups excluding carboxylic acids is 1. The van der Waals surface area contributed by atoms with Crippen molar-refractivity contribution in [2.45, 2.75) is 26.8 Å². The van der Waals surface area contributed by atoms with E-state index >= 15 is 0 Å². The summed E-state index contributed by atoms with van der Waals surface area (Å²) in [5.74, 6) is 1.19. The molecule has 0 fully saturated rings. The summed E-state index contributed by atoms with van der Waals surface area (Å²) in [6.45, 7) is 5.79. The topological polar surface area (TPSA) is 80.6 Å². The highest BCUT2D eigenvalue weighted by molar-refractivity contribution is 6.03. The van der Waals surface area contributed by atoms with E-state index in [0.29, 0.717) is 17.1 Å². The number of allylic oxidation sites excluding steroid dienone is 2. The van der Waals surface area contributed by atoms with Gasteiger partial charge in [0.1, 0.15) is 5.69 Å². The van der Waals surface area contributed by atoms with Gasteiger partial charge >= 0.3 is 5.84 Å². The summed E-state index contributed by atoms with van der Waals surface area (Å²) in [7, 11) is 1.58. The number of nitrogens with zero attached hydrogens (tertiary/aromatic N) is 2. The number of methoxy groups -OCH3 is 1. The fraction of sp³-hybridized carbons (Fsp3) is 0.250. The number of nitrogens with one attached hydrogen (secondary N) is 1. The van der Waals surface area contributed by atoms with Crippen LogP contribution in [0.1, 0.15) is 26.5 Å². The van der Waals surface area contributed by atoms with Gasteiger partial charge in [0.05, 0.1) is 24.9 Å². The number of anilines is 1. The van der Waals surface area contributed by atoms with Crippen LogP contribution in [-0.4, -0.2) is 24.9 Å². The third-order valence-electron chi connectivity index (χ3n) is 4.46. The lowest BCUT2D eigenvalue weighted by Gasteiger charge is -2.09. The predicted octanol–water partition coefficient (Wildman–Crippen LogP) is 2.65. The smallest absolute Gasteiger partial charge is 0.332 e. The van der Waals surface area contributed by atoms with Gasteiger partial charge in [-0.2, -0.15) is 4.57 Å². The molecule has 0 saturated carbocycles. The Hall–Kier alpha value is -2.99. The molecule has 1 aliphatic rings. The standard InChI is InChI=1S/C20H22N4O2/c1-12-13(2)19(24-10-6-5-7-17(12)24)23-16-9-8-15(11-18(16)26-4)22-20(25)14(3)21/h5-11,14H,21H2,1-4H3/p+1/t14-/m0/s1. The van der Waals surface area contributed by atoms with Crippen molar-refractivity contribution in [2.75, 3.05) is 12.4 Å². The molecule has 6 nitrogen and oxygen atoms in total. The predicted molar refractivity (Wildman–Crippen MR) is 103 cm³/mol. The van der Waals surface area contributed by atoms with Gasteiger partial charge in [-0.1, -0.05) is 6.07 Å². The summed E-state index contributed by atoms with van der Waals surface area (Å²) in [5.41, 5.74) is 10.4. The van der Waals surface area contributed by atoms with E-state index in [1.165, 1.54) is 5.57 Å². The lowest BCUT2D eigenvalue weighted by atomic mass is 10.1. The minimum atomic E-state index is -0.580. The molecule has 0 unspecified atom stereocenters. The Kier molecular flexibility index (Phi) is 4.86. The fourth-order valence-corrected chi connectivity index (χ4v) is 2.83. The third kappa shape index (κ3) is 3.23. The van der Waals surface area contributed by atoms with Crippen LogP contribution in [0.5, 0.6) is 5.75 Å². The van der Waals surface area contributed by atoms with Gasteiger partial charge in [-0.05, 0) is 50.0 Å². The molecule has 134 valence electrons. The molecule has 6 heteroatoms. The van der Waals surface area contributed by atoms with Crippen LogP contribution in [-0.2, 0) is 4.79 Å². The lowest BCUT2D eigenvalue weighted by Crippen LogP contribution is -2.42. The highest BCUT2D eigenvalue weighted by atomic mass is 16.5. The summed E-state index contributed by atoms with van der Waals surface area (Å²) in [6.07, 6.45) is 2.00. The van der Waals surface area contributed by atoms with Crippen LogP contribution in [0.4, 0.5) is 11.4 Å². The molecule has 1 aromatic heterocycles. The Morgan fingerprint density at radius 1 is 1.23 bits per heavy atom. The van der Waals surface area contributed by atoms with Gasteiger partial charge in [0.25, 0.3) is 0 Å². The molecule has 3 rings (SSSR count). The largest absolute Gasteiger partial charge is 0.492 e. The number of aromatic nitrogens is 1. The first-order valence-electron chi connectivity index (χ1n) is 8.45. The number of hydrogen-bond donors (Lipinski definition) is 2. The number of benzene rings is 1. The highest BCUT2D eigenvalue weighted by Crippen LogP contribution is 2.32. The van der Waals surface area contributed by atoms with E-state index in [2.05, 4.69) is 29.8 Å².